The van der Waals surface area contributed by atoms with E-state index in [4.69, 9.17) is 11.6 Å². The Hall–Kier alpha value is -1.55. The molecule has 2 rings (SSSR count). The lowest BCUT2D eigenvalue weighted by atomic mass is 9.92. The van der Waals surface area contributed by atoms with Gasteiger partial charge in [0.2, 0.25) is 0 Å². The third-order valence-corrected chi connectivity index (χ3v) is 3.56. The molecule has 0 radical (unpaired) electrons. The van der Waals surface area contributed by atoms with Crippen LogP contribution in [0.3, 0.4) is 0 Å². The van der Waals surface area contributed by atoms with Gasteiger partial charge in [-0.05, 0) is 18.9 Å². The summed E-state index contributed by atoms with van der Waals surface area (Å²) >= 11 is 6.14. The highest BCUT2D eigenvalue weighted by Gasteiger charge is 2.49. The van der Waals surface area contributed by atoms with Crippen LogP contribution in [0.2, 0.25) is 5.02 Å². The fourth-order valence-electron chi connectivity index (χ4n) is 2.28. The van der Waals surface area contributed by atoms with E-state index in [9.17, 15) is 9.59 Å². The fourth-order valence-corrected chi connectivity index (χ4v) is 2.60. The smallest absolute Gasteiger partial charge is 0.319 e. The molecule has 1 N–H and O–H groups in total. The van der Waals surface area contributed by atoms with Crippen LogP contribution in [0.5, 0.6) is 0 Å². The lowest BCUT2D eigenvalue weighted by molar-refractivity contribution is -0.131. The first-order valence-corrected chi connectivity index (χ1v) is 6.63. The minimum atomic E-state index is -1.08. The van der Waals surface area contributed by atoms with Crippen molar-refractivity contribution in [2.45, 2.75) is 26.3 Å². The van der Waals surface area contributed by atoms with Crippen LogP contribution >= 0.6 is 11.6 Å². The summed E-state index contributed by atoms with van der Waals surface area (Å²) in [5.41, 5.74) is -0.453. The first kappa shape index (κ1) is 13.9. The van der Waals surface area contributed by atoms with Crippen molar-refractivity contribution in [1.29, 1.82) is 0 Å². The second kappa shape index (κ2) is 4.85. The summed E-state index contributed by atoms with van der Waals surface area (Å²) in [7, 11) is 0. The molecule has 3 amide bonds. The minimum absolute atomic E-state index is 0.225. The SMILES string of the molecule is CC(C)CN1C(=O)N[C@@](C)(c2ccccc2Cl)C1=O. The first-order valence-electron chi connectivity index (χ1n) is 6.25. The second-order valence-corrected chi connectivity index (χ2v) is 5.75. The van der Waals surface area contributed by atoms with Crippen molar-refractivity contribution in [2.24, 2.45) is 5.92 Å². The van der Waals surface area contributed by atoms with Crippen LogP contribution in [0.25, 0.3) is 0 Å². The van der Waals surface area contributed by atoms with E-state index < -0.39 is 5.54 Å². The summed E-state index contributed by atoms with van der Waals surface area (Å²) in [6, 6.07) is 6.71. The Kier molecular flexibility index (Phi) is 3.54. The van der Waals surface area contributed by atoms with Gasteiger partial charge < -0.3 is 5.32 Å². The van der Waals surface area contributed by atoms with Crippen molar-refractivity contribution >= 4 is 23.5 Å². The molecule has 1 fully saturated rings. The van der Waals surface area contributed by atoms with Gasteiger partial charge in [-0.15, -0.1) is 0 Å². The van der Waals surface area contributed by atoms with Crippen molar-refractivity contribution in [3.8, 4) is 0 Å². The Morgan fingerprint density at radius 1 is 1.32 bits per heavy atom. The van der Waals surface area contributed by atoms with E-state index in [0.717, 1.165) is 0 Å². The molecular weight excluding hydrogens is 264 g/mol. The molecule has 1 atom stereocenters. The van der Waals surface area contributed by atoms with Crippen molar-refractivity contribution in [2.75, 3.05) is 6.54 Å². The van der Waals surface area contributed by atoms with E-state index in [0.29, 0.717) is 17.1 Å². The number of amides is 3. The molecule has 5 heteroatoms. The summed E-state index contributed by atoms with van der Waals surface area (Å²) < 4.78 is 0. The Morgan fingerprint density at radius 2 is 1.95 bits per heavy atom. The number of benzene rings is 1. The molecule has 102 valence electrons. The molecule has 1 aliphatic rings. The molecule has 4 nitrogen and oxygen atoms in total. The largest absolute Gasteiger partial charge is 0.325 e. The van der Waals surface area contributed by atoms with Gasteiger partial charge in [0.05, 0.1) is 0 Å². The molecule has 0 aliphatic carbocycles. The first-order chi connectivity index (χ1) is 8.86. The molecule has 1 saturated heterocycles. The highest BCUT2D eigenvalue weighted by atomic mass is 35.5. The number of halogens is 1. The number of hydrogen-bond acceptors (Lipinski definition) is 2. The van der Waals surface area contributed by atoms with Crippen LogP contribution in [0.15, 0.2) is 24.3 Å². The number of nitrogens with zero attached hydrogens (tertiary/aromatic N) is 1. The van der Waals surface area contributed by atoms with E-state index in [1.807, 2.05) is 13.8 Å². The van der Waals surface area contributed by atoms with Gasteiger partial charge in [-0.2, -0.15) is 0 Å². The summed E-state index contributed by atoms with van der Waals surface area (Å²) in [5, 5.41) is 3.22. The quantitative estimate of drug-likeness (QED) is 0.866. The van der Waals surface area contributed by atoms with Gasteiger partial charge in [-0.1, -0.05) is 43.6 Å². The van der Waals surface area contributed by atoms with Crippen molar-refractivity contribution in [3.05, 3.63) is 34.9 Å². The predicted octanol–water partition coefficient (Wildman–Crippen LogP) is 2.76. The molecule has 19 heavy (non-hydrogen) atoms. The molecule has 1 aliphatic heterocycles. The summed E-state index contributed by atoms with van der Waals surface area (Å²) in [5.74, 6) is -0.0254. The van der Waals surface area contributed by atoms with Crippen LogP contribution in [0, 0.1) is 5.92 Å². The van der Waals surface area contributed by atoms with E-state index >= 15 is 0 Å². The minimum Gasteiger partial charge on any atom is -0.319 e. The van der Waals surface area contributed by atoms with Gasteiger partial charge in [0.25, 0.3) is 5.91 Å². The summed E-state index contributed by atoms with van der Waals surface area (Å²) in [6.45, 7) is 6.02. The number of carbonyl (C=O) groups is 2. The van der Waals surface area contributed by atoms with E-state index in [2.05, 4.69) is 5.32 Å². The zero-order chi connectivity index (χ0) is 14.2. The fraction of sp³-hybridized carbons (Fsp3) is 0.429. The molecule has 0 aromatic heterocycles. The van der Waals surface area contributed by atoms with Crippen LogP contribution in [0.4, 0.5) is 4.79 Å². The maximum Gasteiger partial charge on any atom is 0.325 e. The van der Waals surface area contributed by atoms with Gasteiger partial charge in [0, 0.05) is 17.1 Å². The summed E-state index contributed by atoms with van der Waals surface area (Å²) in [4.78, 5) is 25.7. The van der Waals surface area contributed by atoms with Crippen LogP contribution in [0.1, 0.15) is 26.3 Å². The predicted molar refractivity (Wildman–Crippen MR) is 73.9 cm³/mol. The zero-order valence-electron chi connectivity index (χ0n) is 11.2. The highest BCUT2D eigenvalue weighted by Crippen LogP contribution is 2.33. The Labute approximate surface area is 117 Å². The van der Waals surface area contributed by atoms with E-state index in [1.54, 1.807) is 31.2 Å². The van der Waals surface area contributed by atoms with E-state index in [1.165, 1.54) is 4.90 Å². The van der Waals surface area contributed by atoms with Crippen molar-refractivity contribution in [3.63, 3.8) is 0 Å². The van der Waals surface area contributed by atoms with Gasteiger partial charge in [-0.3, -0.25) is 9.69 Å². The van der Waals surface area contributed by atoms with Crippen LogP contribution < -0.4 is 5.32 Å². The number of imide groups is 1. The Bertz CT molecular complexity index is 530. The Morgan fingerprint density at radius 3 is 2.53 bits per heavy atom. The lowest BCUT2D eigenvalue weighted by Crippen LogP contribution is -2.41. The number of urea groups is 1. The third kappa shape index (κ3) is 2.32. The summed E-state index contributed by atoms with van der Waals surface area (Å²) in [6.07, 6.45) is 0. The molecule has 1 aromatic rings. The maximum absolute atomic E-state index is 12.5. The average Bonchev–Trinajstić information content (AvgIpc) is 2.54. The standard InChI is InChI=1S/C14H17ClN2O2/c1-9(2)8-17-12(18)14(3,16-13(17)19)10-6-4-5-7-11(10)15/h4-7,9H,8H2,1-3H3,(H,16,19)/t14-/m0/s1. The number of hydrogen-bond donors (Lipinski definition) is 1. The van der Waals surface area contributed by atoms with E-state index in [-0.39, 0.29) is 17.9 Å². The lowest BCUT2D eigenvalue weighted by Gasteiger charge is -2.23. The van der Waals surface area contributed by atoms with Gasteiger partial charge in [0.1, 0.15) is 5.54 Å². The average molecular weight is 281 g/mol. The normalized spacial score (nSPS) is 23.1. The highest BCUT2D eigenvalue weighted by molar-refractivity contribution is 6.32. The molecule has 1 aromatic carbocycles. The van der Waals surface area contributed by atoms with Gasteiger partial charge in [0.15, 0.2) is 0 Å². The van der Waals surface area contributed by atoms with Crippen LogP contribution in [-0.4, -0.2) is 23.4 Å². The molecular formula is C14H17ClN2O2. The van der Waals surface area contributed by atoms with Crippen molar-refractivity contribution < 1.29 is 9.59 Å². The second-order valence-electron chi connectivity index (χ2n) is 5.34. The zero-order valence-corrected chi connectivity index (χ0v) is 12.0. The molecule has 0 saturated carbocycles. The Balaban J connectivity index is 2.39. The maximum atomic E-state index is 12.5. The topological polar surface area (TPSA) is 49.4 Å². The third-order valence-electron chi connectivity index (χ3n) is 3.24. The van der Waals surface area contributed by atoms with Gasteiger partial charge >= 0.3 is 6.03 Å². The molecule has 0 spiro atoms. The van der Waals surface area contributed by atoms with Crippen molar-refractivity contribution in [1.82, 2.24) is 10.2 Å². The number of carbonyl (C=O) groups excluding carboxylic acids is 2. The number of rotatable bonds is 3. The molecule has 0 bridgehead atoms. The molecule has 0 unspecified atom stereocenters. The van der Waals surface area contributed by atoms with Gasteiger partial charge in [-0.25, -0.2) is 4.79 Å². The monoisotopic (exact) mass is 280 g/mol. The molecule has 1 heterocycles. The van der Waals surface area contributed by atoms with Crippen LogP contribution in [-0.2, 0) is 10.3 Å². The number of nitrogens with one attached hydrogen (secondary N) is 1.